The van der Waals surface area contributed by atoms with Crippen molar-refractivity contribution in [2.75, 3.05) is 6.54 Å². The zero-order valence-electron chi connectivity index (χ0n) is 8.67. The Morgan fingerprint density at radius 2 is 2.27 bits per heavy atom. The van der Waals surface area contributed by atoms with Gasteiger partial charge in [-0.25, -0.2) is 0 Å². The highest BCUT2D eigenvalue weighted by Gasteiger charge is 2.14. The van der Waals surface area contributed by atoms with Crippen molar-refractivity contribution in [3.63, 3.8) is 0 Å². The number of piperidine rings is 1. The zero-order chi connectivity index (χ0) is 10.7. The minimum atomic E-state index is 0.322. The molecule has 1 heterocycles. The van der Waals surface area contributed by atoms with E-state index in [2.05, 4.69) is 21.2 Å². The van der Waals surface area contributed by atoms with Gasteiger partial charge in [-0.3, -0.25) is 0 Å². The van der Waals surface area contributed by atoms with Gasteiger partial charge in [0.15, 0.2) is 0 Å². The molecule has 0 aromatic heterocycles. The second kappa shape index (κ2) is 4.99. The Morgan fingerprint density at radius 1 is 1.40 bits per heavy atom. The van der Waals surface area contributed by atoms with Crippen LogP contribution in [0.25, 0.3) is 0 Å². The number of benzene rings is 1. The van der Waals surface area contributed by atoms with Gasteiger partial charge in [0, 0.05) is 10.5 Å². The average Bonchev–Trinajstić information content (AvgIpc) is 2.24. The van der Waals surface area contributed by atoms with Crippen LogP contribution in [0.15, 0.2) is 22.7 Å². The highest BCUT2D eigenvalue weighted by Crippen LogP contribution is 2.24. The first kappa shape index (κ1) is 11.0. The molecule has 3 heteroatoms. The second-order valence-corrected chi connectivity index (χ2v) is 4.98. The molecule has 0 spiro atoms. The quantitative estimate of drug-likeness (QED) is 0.866. The maximum atomic E-state index is 9.30. The number of phenolic OH excluding ortho intramolecular Hbond substituents is 1. The van der Waals surface area contributed by atoms with Gasteiger partial charge in [0.2, 0.25) is 0 Å². The number of halogens is 1. The monoisotopic (exact) mass is 269 g/mol. The van der Waals surface area contributed by atoms with Crippen molar-refractivity contribution in [2.45, 2.75) is 31.7 Å². The maximum Gasteiger partial charge on any atom is 0.116 e. The van der Waals surface area contributed by atoms with Gasteiger partial charge in [-0.05, 0) is 43.5 Å². The molecule has 1 aromatic carbocycles. The Balaban J connectivity index is 2.03. The highest BCUT2D eigenvalue weighted by molar-refractivity contribution is 9.10. The molecule has 1 aliphatic rings. The lowest BCUT2D eigenvalue weighted by atomic mass is 9.98. The molecule has 0 amide bonds. The molecule has 0 aliphatic carbocycles. The molecule has 0 saturated carbocycles. The minimum absolute atomic E-state index is 0.322. The van der Waals surface area contributed by atoms with E-state index in [1.807, 2.05) is 6.07 Å². The van der Waals surface area contributed by atoms with Crippen LogP contribution in [0, 0.1) is 0 Å². The normalized spacial score (nSPS) is 21.5. The average molecular weight is 270 g/mol. The Bertz CT molecular complexity index is 334. The first-order valence-corrected chi connectivity index (χ1v) is 6.26. The Labute approximate surface area is 98.8 Å². The molecule has 1 aromatic rings. The fourth-order valence-electron chi connectivity index (χ4n) is 2.07. The van der Waals surface area contributed by atoms with E-state index in [9.17, 15) is 5.11 Å². The Hall–Kier alpha value is -0.540. The summed E-state index contributed by atoms with van der Waals surface area (Å²) in [5.74, 6) is 0.322. The van der Waals surface area contributed by atoms with Gasteiger partial charge in [-0.15, -0.1) is 0 Å². The van der Waals surface area contributed by atoms with Gasteiger partial charge >= 0.3 is 0 Å². The summed E-state index contributed by atoms with van der Waals surface area (Å²) >= 11 is 3.49. The summed E-state index contributed by atoms with van der Waals surface area (Å²) in [4.78, 5) is 0. The lowest BCUT2D eigenvalue weighted by molar-refractivity contribution is 0.398. The lowest BCUT2D eigenvalue weighted by Crippen LogP contribution is -2.35. The van der Waals surface area contributed by atoms with E-state index < -0.39 is 0 Å². The molecular formula is C12H16BrNO. The van der Waals surface area contributed by atoms with E-state index in [4.69, 9.17) is 0 Å². The van der Waals surface area contributed by atoms with Crippen molar-refractivity contribution in [2.24, 2.45) is 0 Å². The van der Waals surface area contributed by atoms with E-state index in [0.29, 0.717) is 11.8 Å². The van der Waals surface area contributed by atoms with Gasteiger partial charge in [-0.2, -0.15) is 0 Å². The van der Waals surface area contributed by atoms with E-state index in [-0.39, 0.29) is 0 Å². The standard InChI is InChI=1S/C12H16BrNO/c13-12-8-11(15)5-4-9(12)7-10-3-1-2-6-14-10/h4-5,8,10,14-15H,1-3,6-7H2. The highest BCUT2D eigenvalue weighted by atomic mass is 79.9. The van der Waals surface area contributed by atoms with E-state index in [1.54, 1.807) is 12.1 Å². The van der Waals surface area contributed by atoms with Gasteiger partial charge in [0.05, 0.1) is 0 Å². The number of rotatable bonds is 2. The van der Waals surface area contributed by atoms with E-state index >= 15 is 0 Å². The summed E-state index contributed by atoms with van der Waals surface area (Å²) in [6, 6.07) is 6.11. The zero-order valence-corrected chi connectivity index (χ0v) is 10.3. The summed E-state index contributed by atoms with van der Waals surface area (Å²) in [5.41, 5.74) is 1.27. The SMILES string of the molecule is Oc1ccc(CC2CCCCN2)c(Br)c1. The molecule has 1 unspecified atom stereocenters. The predicted molar refractivity (Wildman–Crippen MR) is 65.2 cm³/mol. The van der Waals surface area contributed by atoms with Crippen LogP contribution in [-0.2, 0) is 6.42 Å². The molecule has 82 valence electrons. The summed E-state index contributed by atoms with van der Waals surface area (Å²) < 4.78 is 1.01. The number of phenols is 1. The molecule has 2 nitrogen and oxygen atoms in total. The van der Waals surface area contributed by atoms with E-state index in [0.717, 1.165) is 17.4 Å². The predicted octanol–water partition coefficient (Wildman–Crippen LogP) is 2.84. The van der Waals surface area contributed by atoms with Crippen molar-refractivity contribution in [3.8, 4) is 5.75 Å². The van der Waals surface area contributed by atoms with Crippen LogP contribution < -0.4 is 5.32 Å². The van der Waals surface area contributed by atoms with Crippen LogP contribution in [0.3, 0.4) is 0 Å². The molecule has 2 N–H and O–H groups in total. The second-order valence-electron chi connectivity index (χ2n) is 4.13. The van der Waals surface area contributed by atoms with Crippen molar-refractivity contribution < 1.29 is 5.11 Å². The van der Waals surface area contributed by atoms with Crippen LogP contribution in [0.5, 0.6) is 5.75 Å². The van der Waals surface area contributed by atoms with Gasteiger partial charge in [0.1, 0.15) is 5.75 Å². The molecule has 1 atom stereocenters. The van der Waals surface area contributed by atoms with Crippen LogP contribution in [0.4, 0.5) is 0 Å². The smallest absolute Gasteiger partial charge is 0.116 e. The van der Waals surface area contributed by atoms with Crippen LogP contribution in [0.2, 0.25) is 0 Å². The van der Waals surface area contributed by atoms with Crippen LogP contribution in [-0.4, -0.2) is 17.7 Å². The van der Waals surface area contributed by atoms with Gasteiger partial charge in [0.25, 0.3) is 0 Å². The molecule has 1 saturated heterocycles. The van der Waals surface area contributed by atoms with E-state index in [1.165, 1.54) is 24.8 Å². The minimum Gasteiger partial charge on any atom is -0.508 e. The maximum absolute atomic E-state index is 9.30. The van der Waals surface area contributed by atoms with Crippen LogP contribution in [0.1, 0.15) is 24.8 Å². The molecular weight excluding hydrogens is 254 g/mol. The largest absolute Gasteiger partial charge is 0.508 e. The molecule has 0 radical (unpaired) electrons. The fraction of sp³-hybridized carbons (Fsp3) is 0.500. The third kappa shape index (κ3) is 2.95. The molecule has 1 aliphatic heterocycles. The van der Waals surface area contributed by atoms with Crippen molar-refractivity contribution in [1.82, 2.24) is 5.32 Å². The Morgan fingerprint density at radius 3 is 2.93 bits per heavy atom. The molecule has 1 fully saturated rings. The van der Waals surface area contributed by atoms with Crippen molar-refractivity contribution in [3.05, 3.63) is 28.2 Å². The molecule has 15 heavy (non-hydrogen) atoms. The van der Waals surface area contributed by atoms with Gasteiger partial charge < -0.3 is 10.4 Å². The number of aromatic hydroxyl groups is 1. The number of hydrogen-bond donors (Lipinski definition) is 2. The number of hydrogen-bond acceptors (Lipinski definition) is 2. The summed E-state index contributed by atoms with van der Waals surface area (Å²) in [6.45, 7) is 1.14. The third-order valence-corrected chi connectivity index (χ3v) is 3.65. The first-order chi connectivity index (χ1) is 7.25. The van der Waals surface area contributed by atoms with Gasteiger partial charge in [-0.1, -0.05) is 28.4 Å². The van der Waals surface area contributed by atoms with Crippen molar-refractivity contribution in [1.29, 1.82) is 0 Å². The number of nitrogens with one attached hydrogen (secondary N) is 1. The Kier molecular flexibility index (Phi) is 3.65. The molecule has 0 bridgehead atoms. The third-order valence-electron chi connectivity index (χ3n) is 2.92. The molecule has 2 rings (SSSR count). The van der Waals surface area contributed by atoms with Crippen LogP contribution >= 0.6 is 15.9 Å². The lowest BCUT2D eigenvalue weighted by Gasteiger charge is -2.23. The summed E-state index contributed by atoms with van der Waals surface area (Å²) in [7, 11) is 0. The summed E-state index contributed by atoms with van der Waals surface area (Å²) in [5, 5.41) is 12.8. The first-order valence-electron chi connectivity index (χ1n) is 5.46. The fourth-order valence-corrected chi connectivity index (χ4v) is 2.59. The van der Waals surface area contributed by atoms with Crippen molar-refractivity contribution >= 4 is 15.9 Å². The summed E-state index contributed by atoms with van der Waals surface area (Å²) in [6.07, 6.45) is 4.93. The topological polar surface area (TPSA) is 32.3 Å².